The molecule has 1 rings (SSSR count). The molecule has 0 saturated heterocycles. The Kier molecular flexibility index (Phi) is 4.65. The Morgan fingerprint density at radius 1 is 0.750 bits per heavy atom. The molecule has 0 aromatic heterocycles. The Bertz CT molecular complexity index is 500. The van der Waals surface area contributed by atoms with Crippen LogP contribution in [0.1, 0.15) is 0 Å². The Morgan fingerprint density at radius 3 is 1.25 bits per heavy atom. The van der Waals surface area contributed by atoms with E-state index in [4.69, 9.17) is 0 Å². The number of hydrogen-bond acceptors (Lipinski definition) is 3. The molecule has 16 heavy (non-hydrogen) atoms. The van der Waals surface area contributed by atoms with Crippen molar-refractivity contribution in [3.05, 3.63) is 29.1 Å². The third kappa shape index (κ3) is 2.43. The van der Waals surface area contributed by atoms with Gasteiger partial charge in [0.15, 0.2) is 23.3 Å². The minimum Gasteiger partial charge on any atom is -0.744 e. The molecule has 1 aromatic rings. The van der Waals surface area contributed by atoms with Crippen LogP contribution in [0.2, 0.25) is 0 Å². The fourth-order valence-electron chi connectivity index (χ4n) is 0.804. The van der Waals surface area contributed by atoms with Crippen LogP contribution in [0.3, 0.4) is 0 Å². The average Bonchev–Trinajstić information content (AvgIpc) is 2.09. The van der Waals surface area contributed by atoms with Gasteiger partial charge in [-0.15, -0.1) is 0 Å². The molecule has 0 spiro atoms. The fourth-order valence-corrected chi connectivity index (χ4v) is 1.42. The summed E-state index contributed by atoms with van der Waals surface area (Å²) in [5.41, 5.74) is 0. The molecule has 0 heterocycles. The summed E-state index contributed by atoms with van der Waals surface area (Å²) in [7, 11) is -5.77. The summed E-state index contributed by atoms with van der Waals surface area (Å²) in [5.74, 6) is -12.8. The monoisotopic (exact) mass is 354 g/mol. The summed E-state index contributed by atoms with van der Waals surface area (Å²) < 4.78 is 92.9. The summed E-state index contributed by atoms with van der Waals surface area (Å²) in [6, 6.07) is 0. The molecule has 0 N–H and O–H groups in total. The SMILES string of the molecule is O=S(=O)([O-])c1c(F)c(F)c(F)c(F)c1F.[Ag+]. The van der Waals surface area contributed by atoms with Gasteiger partial charge < -0.3 is 4.55 Å². The summed E-state index contributed by atoms with van der Waals surface area (Å²) in [4.78, 5) is -2.38. The number of hydrogen-bond donors (Lipinski definition) is 0. The molecule has 10 heteroatoms. The van der Waals surface area contributed by atoms with E-state index >= 15 is 0 Å². The first kappa shape index (κ1) is 15.5. The summed E-state index contributed by atoms with van der Waals surface area (Å²) in [5, 5.41) is 0. The maximum absolute atomic E-state index is 12.6. The van der Waals surface area contributed by atoms with Gasteiger partial charge in [0.2, 0.25) is 5.82 Å². The molecule has 94 valence electrons. The van der Waals surface area contributed by atoms with Crippen LogP contribution in [-0.4, -0.2) is 13.0 Å². The number of rotatable bonds is 1. The maximum Gasteiger partial charge on any atom is 1.00 e. The van der Waals surface area contributed by atoms with Crippen molar-refractivity contribution in [2.45, 2.75) is 4.90 Å². The van der Waals surface area contributed by atoms with E-state index in [1.54, 1.807) is 0 Å². The van der Waals surface area contributed by atoms with Gasteiger partial charge >= 0.3 is 22.4 Å². The molecule has 0 unspecified atom stereocenters. The molecular formula is C6AgF5O3S. The van der Waals surface area contributed by atoms with E-state index in [1.165, 1.54) is 0 Å². The molecule has 0 aliphatic rings. The van der Waals surface area contributed by atoms with Gasteiger partial charge in [-0.1, -0.05) is 0 Å². The van der Waals surface area contributed by atoms with Gasteiger partial charge in [-0.3, -0.25) is 0 Å². The van der Waals surface area contributed by atoms with Crippen LogP contribution < -0.4 is 0 Å². The second kappa shape index (κ2) is 4.80. The predicted molar refractivity (Wildman–Crippen MR) is 34.2 cm³/mol. The first-order chi connectivity index (χ1) is 6.68. The quantitative estimate of drug-likeness (QED) is 0.251. The summed E-state index contributed by atoms with van der Waals surface area (Å²) in [6.45, 7) is 0. The maximum atomic E-state index is 12.6. The van der Waals surface area contributed by atoms with Crippen LogP contribution in [0, 0.1) is 29.1 Å². The van der Waals surface area contributed by atoms with E-state index in [1.807, 2.05) is 0 Å². The smallest absolute Gasteiger partial charge is 0.744 e. The van der Waals surface area contributed by atoms with Crippen LogP contribution in [0.25, 0.3) is 0 Å². The van der Waals surface area contributed by atoms with E-state index < -0.39 is 44.1 Å². The molecule has 3 nitrogen and oxygen atoms in total. The number of halogens is 5. The minimum atomic E-state index is -5.77. The van der Waals surface area contributed by atoms with Gasteiger partial charge in [-0.2, -0.15) is 0 Å². The zero-order valence-corrected chi connectivity index (χ0v) is 9.12. The third-order valence-electron chi connectivity index (χ3n) is 1.42. The first-order valence-corrected chi connectivity index (χ1v) is 4.56. The molecule has 0 aliphatic heterocycles. The van der Waals surface area contributed by atoms with Crippen LogP contribution in [-0.2, 0) is 32.5 Å². The molecule has 0 atom stereocenters. The molecule has 0 saturated carbocycles. The third-order valence-corrected chi connectivity index (χ3v) is 2.28. The fraction of sp³-hybridized carbons (Fsp3) is 0. The van der Waals surface area contributed by atoms with Crippen LogP contribution >= 0.6 is 0 Å². The van der Waals surface area contributed by atoms with E-state index in [-0.39, 0.29) is 22.4 Å². The molecule has 0 radical (unpaired) electrons. The average molecular weight is 355 g/mol. The van der Waals surface area contributed by atoms with Gasteiger partial charge in [-0.25, -0.2) is 30.4 Å². The van der Waals surface area contributed by atoms with Crippen LogP contribution in [0.4, 0.5) is 22.0 Å². The molecule has 1 aromatic carbocycles. The van der Waals surface area contributed by atoms with Gasteiger partial charge in [0.1, 0.15) is 15.0 Å². The van der Waals surface area contributed by atoms with Crippen molar-refractivity contribution in [2.24, 2.45) is 0 Å². The van der Waals surface area contributed by atoms with Gasteiger partial charge in [0.05, 0.1) is 0 Å². The zero-order chi connectivity index (χ0) is 12.0. The normalized spacial score (nSPS) is 11.1. The van der Waals surface area contributed by atoms with E-state index in [0.29, 0.717) is 0 Å². The Hall–Kier alpha value is -0.480. The Labute approximate surface area is 102 Å². The van der Waals surface area contributed by atoms with Crippen molar-refractivity contribution in [3.8, 4) is 0 Å². The standard InChI is InChI=1S/C6HF5O3S.Ag/c7-1-2(8)4(10)6(15(12,13)14)5(11)3(1)9;/h(H,12,13,14);/q;+1/p-1. The summed E-state index contributed by atoms with van der Waals surface area (Å²) >= 11 is 0. The molecule has 0 aliphatic carbocycles. The molecule has 0 amide bonds. The van der Waals surface area contributed by atoms with Crippen molar-refractivity contribution in [3.63, 3.8) is 0 Å². The van der Waals surface area contributed by atoms with Crippen molar-refractivity contribution >= 4 is 10.1 Å². The van der Waals surface area contributed by atoms with Crippen LogP contribution in [0.15, 0.2) is 4.90 Å². The van der Waals surface area contributed by atoms with Gasteiger partial charge in [0, 0.05) is 0 Å². The predicted octanol–water partition coefficient (Wildman–Crippen LogP) is 1.28. The Balaban J connectivity index is 0.00000225. The largest absolute Gasteiger partial charge is 1.00 e. The van der Waals surface area contributed by atoms with Gasteiger partial charge in [-0.05, 0) is 0 Å². The van der Waals surface area contributed by atoms with Gasteiger partial charge in [0.25, 0.3) is 0 Å². The summed E-state index contributed by atoms with van der Waals surface area (Å²) in [6.07, 6.45) is 0. The van der Waals surface area contributed by atoms with E-state index in [0.717, 1.165) is 0 Å². The topological polar surface area (TPSA) is 57.2 Å². The minimum absolute atomic E-state index is 0. The molecule has 0 fully saturated rings. The first-order valence-electron chi connectivity index (χ1n) is 3.15. The van der Waals surface area contributed by atoms with E-state index in [9.17, 15) is 34.9 Å². The van der Waals surface area contributed by atoms with Crippen molar-refractivity contribution < 1.29 is 57.3 Å². The zero-order valence-electron chi connectivity index (χ0n) is 6.82. The van der Waals surface area contributed by atoms with Crippen molar-refractivity contribution in [1.29, 1.82) is 0 Å². The van der Waals surface area contributed by atoms with Crippen molar-refractivity contribution in [2.75, 3.05) is 0 Å². The van der Waals surface area contributed by atoms with Crippen molar-refractivity contribution in [1.82, 2.24) is 0 Å². The molecular weight excluding hydrogens is 355 g/mol. The Morgan fingerprint density at radius 2 is 1.00 bits per heavy atom. The second-order valence-corrected chi connectivity index (χ2v) is 3.67. The number of benzene rings is 1. The second-order valence-electron chi connectivity index (χ2n) is 2.35. The molecule has 0 bridgehead atoms. The van der Waals surface area contributed by atoms with Crippen LogP contribution in [0.5, 0.6) is 0 Å². The van der Waals surface area contributed by atoms with E-state index in [2.05, 4.69) is 0 Å².